The first-order valence-electron chi connectivity index (χ1n) is 19.7. The van der Waals surface area contributed by atoms with Crippen LogP contribution in [0.25, 0.3) is 10.8 Å². The van der Waals surface area contributed by atoms with Gasteiger partial charge in [0, 0.05) is 48.9 Å². The summed E-state index contributed by atoms with van der Waals surface area (Å²) < 4.78 is 1.77. The zero-order chi connectivity index (χ0) is 38.7. The summed E-state index contributed by atoms with van der Waals surface area (Å²) in [6.07, 6.45) is 9.86. The number of rotatable bonds is 16. The molecule has 2 saturated carbocycles. The van der Waals surface area contributed by atoms with Gasteiger partial charge in [0.15, 0.2) is 5.88 Å². The number of nitrogens with zero attached hydrogens (tertiary/aromatic N) is 2. The minimum atomic E-state index is -1.00. The lowest BCUT2D eigenvalue weighted by atomic mass is 9.77. The summed E-state index contributed by atoms with van der Waals surface area (Å²) in [6.45, 7) is 16.8. The first-order valence-corrected chi connectivity index (χ1v) is 19.7. The topological polar surface area (TPSA) is 150 Å². The van der Waals surface area contributed by atoms with Crippen LogP contribution < -0.4 is 16.0 Å². The first-order chi connectivity index (χ1) is 25.1. The minimum Gasteiger partial charge on any atom is -0.494 e. The third-order valence-corrected chi connectivity index (χ3v) is 12.3. The summed E-state index contributed by atoms with van der Waals surface area (Å²) in [4.78, 5) is 70.6. The van der Waals surface area contributed by atoms with E-state index in [-0.39, 0.29) is 65.3 Å². The molecular formula is C42H61N5O6. The van der Waals surface area contributed by atoms with Crippen molar-refractivity contribution in [3.63, 3.8) is 0 Å². The summed E-state index contributed by atoms with van der Waals surface area (Å²) in [5, 5.41) is 21.3. The molecule has 4 amide bonds. The van der Waals surface area contributed by atoms with Crippen molar-refractivity contribution in [3.8, 4) is 5.88 Å². The Morgan fingerprint density at radius 2 is 1.75 bits per heavy atom. The second-order valence-corrected chi connectivity index (χ2v) is 17.3. The molecule has 5 rings (SSSR count). The van der Waals surface area contributed by atoms with Gasteiger partial charge in [0.05, 0.1) is 12.1 Å². The van der Waals surface area contributed by atoms with Crippen LogP contribution in [0.2, 0.25) is 0 Å². The highest BCUT2D eigenvalue weighted by atomic mass is 16.3. The zero-order valence-electron chi connectivity index (χ0n) is 32.6. The Hall–Kier alpha value is -4.15. The molecule has 2 aliphatic carbocycles. The molecule has 1 aliphatic heterocycles. The number of aromatic hydroxyl groups is 1. The highest BCUT2D eigenvalue weighted by molar-refractivity contribution is 6.38. The maximum Gasteiger partial charge on any atom is 0.289 e. The van der Waals surface area contributed by atoms with Crippen molar-refractivity contribution in [2.75, 3.05) is 13.1 Å². The smallest absolute Gasteiger partial charge is 0.289 e. The Labute approximate surface area is 314 Å². The van der Waals surface area contributed by atoms with Crippen LogP contribution in [0.4, 0.5) is 0 Å². The second kappa shape index (κ2) is 16.5. The molecule has 11 heteroatoms. The van der Waals surface area contributed by atoms with Gasteiger partial charge in [-0.3, -0.25) is 24.0 Å². The molecule has 1 aromatic carbocycles. The number of amides is 4. The van der Waals surface area contributed by atoms with Crippen LogP contribution in [-0.2, 0) is 30.5 Å². The van der Waals surface area contributed by atoms with E-state index in [1.165, 1.54) is 6.08 Å². The largest absolute Gasteiger partial charge is 0.494 e. The third-order valence-electron chi connectivity index (χ3n) is 12.3. The predicted octanol–water partition coefficient (Wildman–Crippen LogP) is 5.49. The summed E-state index contributed by atoms with van der Waals surface area (Å²) >= 11 is 0. The van der Waals surface area contributed by atoms with Crippen molar-refractivity contribution in [2.45, 2.75) is 124 Å². The Morgan fingerprint density at radius 1 is 1.06 bits per heavy atom. The van der Waals surface area contributed by atoms with Crippen LogP contribution in [0, 0.1) is 34.5 Å². The van der Waals surface area contributed by atoms with Gasteiger partial charge in [0.2, 0.25) is 23.5 Å². The molecule has 3 fully saturated rings. The van der Waals surface area contributed by atoms with E-state index in [4.69, 9.17) is 0 Å². The molecule has 2 aromatic rings. The number of carbonyl (C=O) groups is 5. The number of benzene rings is 1. The molecule has 290 valence electrons. The molecule has 3 aliphatic rings. The molecule has 2 heterocycles. The van der Waals surface area contributed by atoms with Gasteiger partial charge in [-0.2, -0.15) is 0 Å². The number of aromatic nitrogens is 1. The summed E-state index contributed by atoms with van der Waals surface area (Å²) in [5.74, 6) is -2.71. The van der Waals surface area contributed by atoms with Crippen LogP contribution in [0.5, 0.6) is 5.88 Å². The van der Waals surface area contributed by atoms with Crippen molar-refractivity contribution in [1.82, 2.24) is 25.4 Å². The van der Waals surface area contributed by atoms with Crippen LogP contribution in [0.15, 0.2) is 43.1 Å². The van der Waals surface area contributed by atoms with E-state index in [2.05, 4.69) is 36.4 Å². The van der Waals surface area contributed by atoms with Crippen LogP contribution in [0.3, 0.4) is 0 Å². The van der Waals surface area contributed by atoms with Gasteiger partial charge < -0.3 is 30.5 Å². The van der Waals surface area contributed by atoms with Crippen LogP contribution in [0.1, 0.15) is 99.3 Å². The third kappa shape index (κ3) is 8.81. The van der Waals surface area contributed by atoms with Crippen molar-refractivity contribution in [3.05, 3.63) is 43.1 Å². The fraction of sp³-hybridized carbons (Fsp3) is 0.643. The van der Waals surface area contributed by atoms with E-state index in [0.29, 0.717) is 25.9 Å². The molecule has 0 spiro atoms. The van der Waals surface area contributed by atoms with Crippen molar-refractivity contribution in [2.24, 2.45) is 34.5 Å². The van der Waals surface area contributed by atoms with E-state index in [1.54, 1.807) is 9.47 Å². The van der Waals surface area contributed by atoms with E-state index in [9.17, 15) is 29.1 Å². The van der Waals surface area contributed by atoms with Gasteiger partial charge in [-0.05, 0) is 53.9 Å². The van der Waals surface area contributed by atoms with E-state index < -0.39 is 35.6 Å². The number of hydrogen-bond donors (Lipinski definition) is 4. The average molecular weight is 732 g/mol. The molecule has 1 aromatic heterocycles. The van der Waals surface area contributed by atoms with E-state index in [1.807, 2.05) is 58.2 Å². The van der Waals surface area contributed by atoms with Crippen LogP contribution >= 0.6 is 0 Å². The van der Waals surface area contributed by atoms with Gasteiger partial charge in [0.1, 0.15) is 6.04 Å². The second-order valence-electron chi connectivity index (χ2n) is 17.3. The Balaban J connectivity index is 1.36. The number of carbonyl (C=O) groups excluding carboxylic acids is 5. The van der Waals surface area contributed by atoms with Crippen molar-refractivity contribution >= 4 is 40.2 Å². The lowest BCUT2D eigenvalue weighted by Gasteiger charge is -2.37. The van der Waals surface area contributed by atoms with Crippen molar-refractivity contribution < 1.29 is 29.1 Å². The summed E-state index contributed by atoms with van der Waals surface area (Å²) in [5.41, 5.74) is -0.516. The number of fused-ring (bicyclic) bond motifs is 2. The lowest BCUT2D eigenvalue weighted by molar-refractivity contribution is -0.148. The van der Waals surface area contributed by atoms with Gasteiger partial charge in [-0.25, -0.2) is 0 Å². The number of Topliss-reactive ketones (excluding diaryl/α,β-unsaturated/α-hetero) is 1. The van der Waals surface area contributed by atoms with E-state index >= 15 is 0 Å². The number of hydrogen-bond acceptors (Lipinski definition) is 6. The number of likely N-dealkylation sites (tertiary alicyclic amines) is 1. The van der Waals surface area contributed by atoms with Gasteiger partial charge >= 0.3 is 0 Å². The number of nitrogens with one attached hydrogen (secondary N) is 3. The standard InChI is InChI=1S/C42H61N5O6/c1-8-10-20-31(36(49)38(51)43-21-9-2)44-37(50)35-34-30(42(34,6)7)24-47(35)40(53)29(26-16-12-11-13-17-26)22-33(48)45-32(41(3,4)5)25-46-23-27-18-14-15-19-28(27)39(46)52/h9,14-15,18-19,23,26,29-32,34-35,52H,2,8,10-13,16-17,20-22,24-25H2,1,3-7H3,(H,43,51)(H,44,50)(H,45,48)/t29-,30-,31?,32+,34-,35-/m0/s1. The molecular weight excluding hydrogens is 670 g/mol. The SMILES string of the molecule is C=CCNC(=O)C(=O)C(CCCC)NC(=O)[C@@H]1[C@@H]2[C@H](CN1C(=O)[C@@H](CC(=O)N[C@H](Cn1cc3ccccc3c1O)C(C)(C)C)C1CCCCC1)C2(C)C. The predicted molar refractivity (Wildman–Crippen MR) is 206 cm³/mol. The normalized spacial score (nSPS) is 22.7. The lowest BCUT2D eigenvalue weighted by Crippen LogP contribution is -2.56. The highest BCUT2D eigenvalue weighted by Crippen LogP contribution is 2.65. The molecule has 0 radical (unpaired) electrons. The zero-order valence-corrected chi connectivity index (χ0v) is 32.6. The monoisotopic (exact) mass is 731 g/mol. The van der Waals surface area contributed by atoms with Crippen molar-refractivity contribution in [1.29, 1.82) is 0 Å². The maximum absolute atomic E-state index is 14.8. The molecule has 1 unspecified atom stereocenters. The van der Waals surface area contributed by atoms with E-state index in [0.717, 1.165) is 49.3 Å². The molecule has 11 nitrogen and oxygen atoms in total. The number of unbranched alkanes of at least 4 members (excludes halogenated alkanes) is 1. The molecule has 4 N–H and O–H groups in total. The average Bonchev–Trinajstić information content (AvgIpc) is 3.40. The quantitative estimate of drug-likeness (QED) is 0.133. The molecule has 53 heavy (non-hydrogen) atoms. The number of piperidine rings is 1. The first kappa shape index (κ1) is 40.0. The number of ketones is 1. The fourth-order valence-electron chi connectivity index (χ4n) is 8.88. The molecule has 0 bridgehead atoms. The summed E-state index contributed by atoms with van der Waals surface area (Å²) in [7, 11) is 0. The maximum atomic E-state index is 14.8. The van der Waals surface area contributed by atoms with Gasteiger partial charge in [-0.1, -0.05) is 97.9 Å². The van der Waals surface area contributed by atoms with Gasteiger partial charge in [0.25, 0.3) is 5.91 Å². The molecule has 6 atom stereocenters. The Morgan fingerprint density at radius 3 is 2.40 bits per heavy atom. The minimum absolute atomic E-state index is 0.000364. The highest BCUT2D eigenvalue weighted by Gasteiger charge is 2.69. The molecule has 1 saturated heterocycles. The Kier molecular flexibility index (Phi) is 12.4. The van der Waals surface area contributed by atoms with Crippen LogP contribution in [-0.4, -0.2) is 75.2 Å². The summed E-state index contributed by atoms with van der Waals surface area (Å²) in [6, 6.07) is 5.47. The Bertz CT molecular complexity index is 1680. The fourth-order valence-corrected chi connectivity index (χ4v) is 8.88. The van der Waals surface area contributed by atoms with Gasteiger partial charge in [-0.15, -0.1) is 6.58 Å².